The molecule has 0 fully saturated rings. The fourth-order valence-electron chi connectivity index (χ4n) is 2.04. The van der Waals surface area contributed by atoms with E-state index in [9.17, 15) is 10.1 Å². The number of nitriles is 1. The highest BCUT2D eigenvalue weighted by atomic mass is 16.2. The Morgan fingerprint density at radius 1 is 1.22 bits per heavy atom. The summed E-state index contributed by atoms with van der Waals surface area (Å²) in [5, 5.41) is 11.4. The number of hydrogen-bond donors (Lipinski definition) is 0. The summed E-state index contributed by atoms with van der Waals surface area (Å²) in [4.78, 5) is 12.9. The number of hydrogen-bond acceptors (Lipinski definition) is 2. The van der Waals surface area contributed by atoms with Crippen LogP contribution in [0.5, 0.6) is 0 Å². The van der Waals surface area contributed by atoms with E-state index in [1.807, 2.05) is 42.5 Å². The number of fused-ring (bicyclic) bond motifs is 1. The highest BCUT2D eigenvalue weighted by molar-refractivity contribution is 5.87. The van der Waals surface area contributed by atoms with Gasteiger partial charge in [0, 0.05) is 14.0 Å². The van der Waals surface area contributed by atoms with Gasteiger partial charge < -0.3 is 4.90 Å². The van der Waals surface area contributed by atoms with E-state index in [-0.39, 0.29) is 5.91 Å². The molecule has 0 saturated carbocycles. The highest BCUT2D eigenvalue weighted by Crippen LogP contribution is 2.27. The summed E-state index contributed by atoms with van der Waals surface area (Å²) in [6.07, 6.45) is 0. The predicted octanol–water partition coefficient (Wildman–Crippen LogP) is 2.88. The molecule has 0 aliphatic rings. The van der Waals surface area contributed by atoms with Gasteiger partial charge in [0.1, 0.15) is 6.04 Å². The van der Waals surface area contributed by atoms with Crippen LogP contribution in [0.4, 0.5) is 0 Å². The Bertz CT molecular complexity index is 622. The number of benzene rings is 2. The molecule has 0 radical (unpaired) electrons. The Morgan fingerprint density at radius 3 is 2.56 bits per heavy atom. The average Bonchev–Trinajstić information content (AvgIpc) is 2.39. The number of carbonyl (C=O) groups is 1. The molecule has 0 bridgehead atoms. The van der Waals surface area contributed by atoms with Crippen molar-refractivity contribution in [2.24, 2.45) is 0 Å². The van der Waals surface area contributed by atoms with Crippen LogP contribution in [-0.4, -0.2) is 17.9 Å². The molecule has 0 saturated heterocycles. The molecule has 2 aromatic carbocycles. The van der Waals surface area contributed by atoms with Gasteiger partial charge in [-0.05, 0) is 16.3 Å². The predicted molar refractivity (Wildman–Crippen MR) is 70.7 cm³/mol. The van der Waals surface area contributed by atoms with Crippen molar-refractivity contribution in [3.63, 3.8) is 0 Å². The normalized spacial score (nSPS) is 11.8. The van der Waals surface area contributed by atoms with Gasteiger partial charge in [-0.15, -0.1) is 0 Å². The number of nitrogens with zero attached hydrogens (tertiary/aromatic N) is 2. The molecule has 1 unspecified atom stereocenters. The zero-order chi connectivity index (χ0) is 13.1. The molecule has 2 rings (SSSR count). The lowest BCUT2D eigenvalue weighted by Crippen LogP contribution is -2.28. The quantitative estimate of drug-likeness (QED) is 0.807. The highest BCUT2D eigenvalue weighted by Gasteiger charge is 2.20. The topological polar surface area (TPSA) is 44.1 Å². The van der Waals surface area contributed by atoms with E-state index in [1.54, 1.807) is 7.05 Å². The number of rotatable bonds is 2. The minimum atomic E-state index is -0.548. The molecule has 0 heterocycles. The third-order valence-electron chi connectivity index (χ3n) is 3.12. The summed E-state index contributed by atoms with van der Waals surface area (Å²) < 4.78 is 0. The average molecular weight is 238 g/mol. The van der Waals surface area contributed by atoms with Crippen LogP contribution in [0.1, 0.15) is 18.5 Å². The Balaban J connectivity index is 2.59. The first-order valence-corrected chi connectivity index (χ1v) is 5.76. The van der Waals surface area contributed by atoms with E-state index in [0.717, 1.165) is 16.3 Å². The van der Waals surface area contributed by atoms with Gasteiger partial charge in [-0.3, -0.25) is 4.79 Å². The van der Waals surface area contributed by atoms with Gasteiger partial charge in [-0.2, -0.15) is 5.26 Å². The van der Waals surface area contributed by atoms with Crippen molar-refractivity contribution in [2.45, 2.75) is 13.0 Å². The van der Waals surface area contributed by atoms with Gasteiger partial charge in [-0.25, -0.2) is 0 Å². The molecule has 3 nitrogen and oxygen atoms in total. The molecule has 3 heteroatoms. The molecule has 1 atom stereocenters. The molecule has 0 aliphatic heterocycles. The van der Waals surface area contributed by atoms with Crippen molar-refractivity contribution in [2.75, 3.05) is 7.05 Å². The second kappa shape index (κ2) is 4.89. The standard InChI is InChI=1S/C15H14N2O/c1-11(18)17(2)15(10-16)14-9-5-7-12-6-3-4-8-13(12)14/h3-9,15H,1-2H3. The Kier molecular flexibility index (Phi) is 3.29. The van der Waals surface area contributed by atoms with Gasteiger partial charge in [0.05, 0.1) is 6.07 Å². The SMILES string of the molecule is CC(=O)N(C)C(C#N)c1cccc2ccccc12. The van der Waals surface area contributed by atoms with E-state index < -0.39 is 6.04 Å². The first kappa shape index (κ1) is 12.1. The van der Waals surface area contributed by atoms with E-state index in [1.165, 1.54) is 11.8 Å². The number of carbonyl (C=O) groups excluding carboxylic acids is 1. The van der Waals surface area contributed by atoms with Crippen molar-refractivity contribution < 1.29 is 4.79 Å². The molecule has 0 aliphatic carbocycles. The smallest absolute Gasteiger partial charge is 0.220 e. The van der Waals surface area contributed by atoms with E-state index in [0.29, 0.717) is 0 Å². The fraction of sp³-hybridized carbons (Fsp3) is 0.200. The third-order valence-corrected chi connectivity index (χ3v) is 3.12. The second-order valence-electron chi connectivity index (χ2n) is 4.23. The van der Waals surface area contributed by atoms with Crippen LogP contribution in [0, 0.1) is 11.3 Å². The molecule has 0 aromatic heterocycles. The second-order valence-corrected chi connectivity index (χ2v) is 4.23. The minimum Gasteiger partial charge on any atom is -0.326 e. The third kappa shape index (κ3) is 2.05. The summed E-state index contributed by atoms with van der Waals surface area (Å²) in [5.74, 6) is -0.116. The summed E-state index contributed by atoms with van der Waals surface area (Å²) in [6, 6.07) is 15.3. The Labute approximate surface area is 106 Å². The lowest BCUT2D eigenvalue weighted by molar-refractivity contribution is -0.128. The van der Waals surface area contributed by atoms with Crippen LogP contribution in [0.15, 0.2) is 42.5 Å². The largest absolute Gasteiger partial charge is 0.326 e. The molecule has 0 N–H and O–H groups in total. The lowest BCUT2D eigenvalue weighted by atomic mass is 9.98. The van der Waals surface area contributed by atoms with Crippen LogP contribution >= 0.6 is 0 Å². The maximum absolute atomic E-state index is 11.4. The fourth-order valence-corrected chi connectivity index (χ4v) is 2.04. The summed E-state index contributed by atoms with van der Waals surface area (Å²) in [6.45, 7) is 1.47. The molecular formula is C15H14N2O. The van der Waals surface area contributed by atoms with E-state index >= 15 is 0 Å². The van der Waals surface area contributed by atoms with Crippen molar-refractivity contribution in [1.82, 2.24) is 4.90 Å². The van der Waals surface area contributed by atoms with E-state index in [4.69, 9.17) is 0 Å². The van der Waals surface area contributed by atoms with Crippen LogP contribution in [0.3, 0.4) is 0 Å². The van der Waals surface area contributed by atoms with Gasteiger partial charge in [0.2, 0.25) is 5.91 Å². The molecule has 18 heavy (non-hydrogen) atoms. The summed E-state index contributed by atoms with van der Waals surface area (Å²) in [5.41, 5.74) is 0.869. The van der Waals surface area contributed by atoms with Crippen LogP contribution in [-0.2, 0) is 4.79 Å². The van der Waals surface area contributed by atoms with Crippen LogP contribution in [0.25, 0.3) is 10.8 Å². The first-order chi connectivity index (χ1) is 8.65. The van der Waals surface area contributed by atoms with Crippen molar-refractivity contribution in [3.05, 3.63) is 48.0 Å². The Morgan fingerprint density at radius 2 is 1.89 bits per heavy atom. The van der Waals surface area contributed by atoms with Gasteiger partial charge in [-0.1, -0.05) is 42.5 Å². The minimum absolute atomic E-state index is 0.116. The zero-order valence-electron chi connectivity index (χ0n) is 10.4. The summed E-state index contributed by atoms with van der Waals surface area (Å²) in [7, 11) is 1.65. The van der Waals surface area contributed by atoms with E-state index in [2.05, 4.69) is 6.07 Å². The van der Waals surface area contributed by atoms with Crippen molar-refractivity contribution in [3.8, 4) is 6.07 Å². The monoisotopic (exact) mass is 238 g/mol. The van der Waals surface area contributed by atoms with Gasteiger partial charge in [0.25, 0.3) is 0 Å². The summed E-state index contributed by atoms with van der Waals surface area (Å²) >= 11 is 0. The van der Waals surface area contributed by atoms with Crippen molar-refractivity contribution >= 4 is 16.7 Å². The molecule has 2 aromatic rings. The first-order valence-electron chi connectivity index (χ1n) is 5.76. The van der Waals surface area contributed by atoms with Crippen LogP contribution in [0.2, 0.25) is 0 Å². The molecule has 1 amide bonds. The lowest BCUT2D eigenvalue weighted by Gasteiger charge is -2.22. The molecule has 90 valence electrons. The van der Waals surface area contributed by atoms with Crippen LogP contribution < -0.4 is 0 Å². The maximum atomic E-state index is 11.4. The molecular weight excluding hydrogens is 224 g/mol. The maximum Gasteiger partial charge on any atom is 0.220 e. The van der Waals surface area contributed by atoms with Crippen molar-refractivity contribution in [1.29, 1.82) is 5.26 Å². The zero-order valence-corrected chi connectivity index (χ0v) is 10.4. The van der Waals surface area contributed by atoms with Gasteiger partial charge in [0.15, 0.2) is 0 Å². The Hall–Kier alpha value is -2.34. The molecule has 0 spiro atoms. The van der Waals surface area contributed by atoms with Gasteiger partial charge >= 0.3 is 0 Å². The number of amides is 1.